The van der Waals surface area contributed by atoms with E-state index in [4.69, 9.17) is 0 Å². The molecule has 7 heteroatoms. The molecule has 0 unspecified atom stereocenters. The normalized spacial score (nSPS) is 17.4. The van der Waals surface area contributed by atoms with Crippen molar-refractivity contribution < 1.29 is 14.0 Å². The van der Waals surface area contributed by atoms with Crippen molar-refractivity contribution >= 4 is 23.2 Å². The van der Waals surface area contributed by atoms with E-state index in [-0.39, 0.29) is 23.5 Å². The van der Waals surface area contributed by atoms with Gasteiger partial charge in [-0.3, -0.25) is 9.59 Å². The Morgan fingerprint density at radius 1 is 1.10 bits per heavy atom. The Bertz CT molecular complexity index is 910. The van der Waals surface area contributed by atoms with E-state index in [1.165, 1.54) is 19.0 Å². The fraction of sp³-hybridized carbons (Fsp3) is 0.435. The number of aromatic nitrogens is 1. The molecule has 2 amide bonds. The predicted molar refractivity (Wildman–Crippen MR) is 113 cm³/mol. The van der Waals surface area contributed by atoms with Crippen LogP contribution in [-0.2, 0) is 4.79 Å². The van der Waals surface area contributed by atoms with Crippen molar-refractivity contribution in [1.82, 2.24) is 15.6 Å². The summed E-state index contributed by atoms with van der Waals surface area (Å²) in [5, 5.41) is 8.89. The van der Waals surface area contributed by atoms with E-state index in [1.807, 2.05) is 0 Å². The molecule has 0 radical (unpaired) electrons. The Morgan fingerprint density at radius 2 is 1.90 bits per heavy atom. The zero-order chi connectivity index (χ0) is 20.9. The van der Waals surface area contributed by atoms with Crippen LogP contribution in [0, 0.1) is 11.9 Å². The number of carbonyl (C=O) groups is 2. The van der Waals surface area contributed by atoms with Crippen LogP contribution in [0.4, 0.5) is 15.8 Å². The quantitative estimate of drug-likeness (QED) is 0.576. The zero-order valence-corrected chi connectivity index (χ0v) is 16.9. The molecule has 2 fully saturated rings. The van der Waals surface area contributed by atoms with Gasteiger partial charge in [-0.2, -0.15) is 4.39 Å². The summed E-state index contributed by atoms with van der Waals surface area (Å²) in [4.78, 5) is 29.2. The monoisotopic (exact) mass is 410 g/mol. The summed E-state index contributed by atoms with van der Waals surface area (Å²) in [6.07, 6.45) is 8.66. The first-order valence-corrected chi connectivity index (χ1v) is 10.7. The van der Waals surface area contributed by atoms with E-state index >= 15 is 0 Å². The summed E-state index contributed by atoms with van der Waals surface area (Å²) >= 11 is 0. The van der Waals surface area contributed by atoms with Crippen LogP contribution in [-0.4, -0.2) is 28.9 Å². The van der Waals surface area contributed by atoms with Gasteiger partial charge in [0.2, 0.25) is 11.9 Å². The summed E-state index contributed by atoms with van der Waals surface area (Å²) in [6.45, 7) is 0. The minimum absolute atomic E-state index is 0.0931. The topological polar surface area (TPSA) is 83.1 Å². The lowest BCUT2D eigenvalue weighted by Crippen LogP contribution is -2.48. The lowest BCUT2D eigenvalue weighted by atomic mass is 9.97. The van der Waals surface area contributed by atoms with Crippen LogP contribution >= 0.6 is 0 Å². The van der Waals surface area contributed by atoms with Crippen LogP contribution in [0.5, 0.6) is 0 Å². The van der Waals surface area contributed by atoms with E-state index < -0.39 is 12.0 Å². The van der Waals surface area contributed by atoms with Gasteiger partial charge in [-0.15, -0.1) is 0 Å². The number of benzene rings is 1. The van der Waals surface area contributed by atoms with Gasteiger partial charge in [0.25, 0.3) is 5.91 Å². The molecule has 0 saturated heterocycles. The molecule has 2 aliphatic carbocycles. The maximum atomic E-state index is 13.8. The second-order valence-electron chi connectivity index (χ2n) is 8.24. The summed E-state index contributed by atoms with van der Waals surface area (Å²) < 4.78 is 13.8. The van der Waals surface area contributed by atoms with Gasteiger partial charge in [0.1, 0.15) is 6.04 Å². The highest BCUT2D eigenvalue weighted by Crippen LogP contribution is 2.29. The van der Waals surface area contributed by atoms with Crippen molar-refractivity contribution in [2.24, 2.45) is 5.92 Å². The van der Waals surface area contributed by atoms with Crippen molar-refractivity contribution in [2.75, 3.05) is 5.32 Å². The van der Waals surface area contributed by atoms with E-state index in [1.54, 1.807) is 36.4 Å². The van der Waals surface area contributed by atoms with Crippen molar-refractivity contribution in [3.63, 3.8) is 0 Å². The fourth-order valence-electron chi connectivity index (χ4n) is 3.95. The zero-order valence-electron chi connectivity index (χ0n) is 16.9. The number of carbonyl (C=O) groups excluding carboxylic acids is 2. The van der Waals surface area contributed by atoms with E-state index in [0.717, 1.165) is 25.7 Å². The first-order valence-electron chi connectivity index (χ1n) is 10.7. The van der Waals surface area contributed by atoms with Crippen LogP contribution in [0.3, 0.4) is 0 Å². The minimum Gasteiger partial charge on any atom is -0.352 e. The first kappa shape index (κ1) is 20.3. The SMILES string of the molecule is O=C(N[C@@H](CC1CCCC1)C(=O)NC1CC1)c1cccc(Nc2cccnc2F)c1. The van der Waals surface area contributed by atoms with Crippen molar-refractivity contribution in [2.45, 2.75) is 57.0 Å². The molecule has 4 rings (SSSR count). The Morgan fingerprint density at radius 3 is 2.63 bits per heavy atom. The third-order valence-electron chi connectivity index (χ3n) is 5.75. The van der Waals surface area contributed by atoms with E-state index in [2.05, 4.69) is 20.9 Å². The molecule has 6 nitrogen and oxygen atoms in total. The smallest absolute Gasteiger partial charge is 0.252 e. The van der Waals surface area contributed by atoms with E-state index in [0.29, 0.717) is 23.6 Å². The van der Waals surface area contributed by atoms with Crippen LogP contribution < -0.4 is 16.0 Å². The van der Waals surface area contributed by atoms with Gasteiger partial charge < -0.3 is 16.0 Å². The molecule has 1 aromatic carbocycles. The number of pyridine rings is 1. The summed E-state index contributed by atoms with van der Waals surface area (Å²) in [6, 6.07) is 9.73. The van der Waals surface area contributed by atoms with Gasteiger partial charge in [-0.25, -0.2) is 4.98 Å². The van der Waals surface area contributed by atoms with Gasteiger partial charge in [0, 0.05) is 23.5 Å². The Hall–Kier alpha value is -2.96. The maximum absolute atomic E-state index is 13.8. The molecule has 2 aliphatic rings. The molecular weight excluding hydrogens is 383 g/mol. The van der Waals surface area contributed by atoms with E-state index in [9.17, 15) is 14.0 Å². The number of halogens is 1. The molecule has 1 aromatic heterocycles. The van der Waals surface area contributed by atoms with Crippen LogP contribution in [0.15, 0.2) is 42.6 Å². The highest BCUT2D eigenvalue weighted by atomic mass is 19.1. The number of nitrogens with one attached hydrogen (secondary N) is 3. The minimum atomic E-state index is -0.610. The predicted octanol–water partition coefficient (Wildman–Crippen LogP) is 3.92. The summed E-state index contributed by atoms with van der Waals surface area (Å²) in [5.74, 6) is -0.536. The number of hydrogen-bond acceptors (Lipinski definition) is 4. The fourth-order valence-corrected chi connectivity index (χ4v) is 3.95. The molecular formula is C23H27FN4O2. The molecule has 0 aliphatic heterocycles. The standard InChI is InChI=1S/C23H27FN4O2/c24-21-19(9-4-12-25-21)26-18-8-3-7-16(14-18)22(29)28-20(13-15-5-1-2-6-15)23(30)27-17-10-11-17/h3-4,7-9,12,14-15,17,20,26H,1-2,5-6,10-11,13H2,(H,27,30)(H,28,29)/t20-/m0/s1. The lowest BCUT2D eigenvalue weighted by molar-refractivity contribution is -0.123. The Kier molecular flexibility index (Phi) is 6.26. The Labute approximate surface area is 175 Å². The first-order chi connectivity index (χ1) is 14.6. The third-order valence-corrected chi connectivity index (χ3v) is 5.75. The number of anilines is 2. The molecule has 2 saturated carbocycles. The van der Waals surface area contributed by atoms with Crippen molar-refractivity contribution in [3.8, 4) is 0 Å². The Balaban J connectivity index is 1.44. The number of hydrogen-bond donors (Lipinski definition) is 3. The molecule has 0 bridgehead atoms. The molecule has 30 heavy (non-hydrogen) atoms. The lowest BCUT2D eigenvalue weighted by Gasteiger charge is -2.21. The number of nitrogens with zero attached hydrogens (tertiary/aromatic N) is 1. The average molecular weight is 410 g/mol. The molecule has 2 aromatic rings. The summed E-state index contributed by atoms with van der Waals surface area (Å²) in [5.41, 5.74) is 1.22. The van der Waals surface area contributed by atoms with Crippen LogP contribution in [0.2, 0.25) is 0 Å². The average Bonchev–Trinajstić information content (AvgIpc) is 3.41. The molecule has 0 spiro atoms. The number of amides is 2. The number of rotatable bonds is 8. The van der Waals surface area contributed by atoms with Gasteiger partial charge in [-0.1, -0.05) is 31.7 Å². The molecule has 3 N–H and O–H groups in total. The largest absolute Gasteiger partial charge is 0.352 e. The highest BCUT2D eigenvalue weighted by molar-refractivity contribution is 5.98. The van der Waals surface area contributed by atoms with Gasteiger partial charge in [0.05, 0.1) is 5.69 Å². The van der Waals surface area contributed by atoms with Crippen molar-refractivity contribution in [3.05, 3.63) is 54.1 Å². The van der Waals surface area contributed by atoms with Gasteiger partial charge in [-0.05, 0) is 55.5 Å². The highest BCUT2D eigenvalue weighted by Gasteiger charge is 2.31. The van der Waals surface area contributed by atoms with Crippen LogP contribution in [0.1, 0.15) is 55.3 Å². The molecule has 158 valence electrons. The van der Waals surface area contributed by atoms with Gasteiger partial charge >= 0.3 is 0 Å². The van der Waals surface area contributed by atoms with Crippen molar-refractivity contribution in [1.29, 1.82) is 0 Å². The second-order valence-corrected chi connectivity index (χ2v) is 8.24. The molecule has 1 atom stereocenters. The molecule has 1 heterocycles. The third kappa shape index (κ3) is 5.34. The maximum Gasteiger partial charge on any atom is 0.252 e. The van der Waals surface area contributed by atoms with Gasteiger partial charge in [0.15, 0.2) is 0 Å². The second kappa shape index (κ2) is 9.24. The van der Waals surface area contributed by atoms with Crippen LogP contribution in [0.25, 0.3) is 0 Å². The summed E-state index contributed by atoms with van der Waals surface area (Å²) in [7, 11) is 0.